The van der Waals surface area contributed by atoms with Gasteiger partial charge in [-0.05, 0) is 25.1 Å². The van der Waals surface area contributed by atoms with Crippen molar-refractivity contribution in [3.63, 3.8) is 0 Å². The summed E-state index contributed by atoms with van der Waals surface area (Å²) < 4.78 is 43.7. The summed E-state index contributed by atoms with van der Waals surface area (Å²) in [5, 5.41) is 16.1. The van der Waals surface area contributed by atoms with Crippen molar-refractivity contribution < 1.29 is 23.0 Å². The van der Waals surface area contributed by atoms with Crippen molar-refractivity contribution in [1.29, 1.82) is 0 Å². The number of ether oxygens (including phenoxy) is 1. The Morgan fingerprint density at radius 3 is 2.64 bits per heavy atom. The quantitative estimate of drug-likeness (QED) is 0.558. The van der Waals surface area contributed by atoms with Crippen LogP contribution in [-0.2, 0) is 12.7 Å². The molecule has 33 heavy (non-hydrogen) atoms. The van der Waals surface area contributed by atoms with Gasteiger partial charge in [-0.1, -0.05) is 0 Å². The summed E-state index contributed by atoms with van der Waals surface area (Å²) in [5.41, 5.74) is 1.93. The summed E-state index contributed by atoms with van der Waals surface area (Å²) in [4.78, 5) is 12.6. The molecule has 0 radical (unpaired) electrons. The minimum atomic E-state index is -4.39. The third kappa shape index (κ3) is 5.42. The van der Waals surface area contributed by atoms with E-state index in [2.05, 4.69) is 25.1 Å². The Morgan fingerprint density at radius 2 is 2.00 bits per heavy atom. The van der Waals surface area contributed by atoms with Crippen molar-refractivity contribution in [1.82, 2.24) is 25.1 Å². The third-order valence-electron chi connectivity index (χ3n) is 5.55. The molecule has 1 saturated heterocycles. The van der Waals surface area contributed by atoms with E-state index in [0.717, 1.165) is 42.2 Å². The van der Waals surface area contributed by atoms with Gasteiger partial charge in [-0.3, -0.25) is 10.00 Å². The predicted octanol–water partition coefficient (Wildman–Crippen LogP) is 2.97. The average molecular weight is 462 g/mol. The van der Waals surface area contributed by atoms with Crippen LogP contribution in [0.3, 0.4) is 0 Å². The Morgan fingerprint density at radius 1 is 1.15 bits per heavy atom. The number of piperazine rings is 1. The van der Waals surface area contributed by atoms with Gasteiger partial charge in [-0.15, -0.1) is 0 Å². The van der Waals surface area contributed by atoms with Crippen molar-refractivity contribution in [2.75, 3.05) is 37.7 Å². The summed E-state index contributed by atoms with van der Waals surface area (Å²) in [5.74, 6) is 0.987. The van der Waals surface area contributed by atoms with Gasteiger partial charge in [-0.25, -0.2) is 9.97 Å². The number of aliphatic hydroxyl groups excluding tert-OH is 1. The van der Waals surface area contributed by atoms with E-state index in [4.69, 9.17) is 9.84 Å². The maximum atomic E-state index is 12.8. The van der Waals surface area contributed by atoms with Crippen LogP contribution in [0.1, 0.15) is 18.1 Å². The van der Waals surface area contributed by atoms with Gasteiger partial charge < -0.3 is 14.7 Å². The molecular weight excluding hydrogens is 437 g/mol. The molecule has 0 saturated carbocycles. The number of nitrogens with zero attached hydrogens (tertiary/aromatic N) is 5. The first-order chi connectivity index (χ1) is 15.8. The summed E-state index contributed by atoms with van der Waals surface area (Å²) in [6, 6.07) is 6.21. The zero-order valence-corrected chi connectivity index (χ0v) is 18.1. The van der Waals surface area contributed by atoms with Crippen molar-refractivity contribution in [3.8, 4) is 17.1 Å². The Kier molecular flexibility index (Phi) is 6.80. The number of rotatable bonds is 7. The number of alkyl halides is 3. The van der Waals surface area contributed by atoms with E-state index in [1.807, 2.05) is 24.1 Å². The van der Waals surface area contributed by atoms with E-state index in [0.29, 0.717) is 24.8 Å². The van der Waals surface area contributed by atoms with Gasteiger partial charge in [0.15, 0.2) is 0 Å². The lowest BCUT2D eigenvalue weighted by atomic mass is 10.1. The molecule has 2 N–H and O–H groups in total. The molecule has 0 amide bonds. The van der Waals surface area contributed by atoms with Crippen LogP contribution in [0.15, 0.2) is 42.9 Å². The fourth-order valence-electron chi connectivity index (χ4n) is 3.92. The van der Waals surface area contributed by atoms with Gasteiger partial charge in [0.2, 0.25) is 5.88 Å². The van der Waals surface area contributed by atoms with Crippen LogP contribution < -0.4 is 9.64 Å². The van der Waals surface area contributed by atoms with Crippen LogP contribution in [0.4, 0.5) is 19.0 Å². The molecule has 4 rings (SSSR count). The Balaban J connectivity index is 1.39. The van der Waals surface area contributed by atoms with Gasteiger partial charge >= 0.3 is 6.18 Å². The van der Waals surface area contributed by atoms with Crippen molar-refractivity contribution in [3.05, 3.63) is 54.0 Å². The molecule has 0 spiro atoms. The molecule has 0 bridgehead atoms. The molecule has 176 valence electrons. The largest absolute Gasteiger partial charge is 0.475 e. The molecule has 0 aromatic carbocycles. The van der Waals surface area contributed by atoms with E-state index in [1.54, 1.807) is 12.3 Å². The number of halogens is 3. The number of pyridine rings is 2. The minimum absolute atomic E-state index is 0.0758. The van der Waals surface area contributed by atoms with Crippen LogP contribution >= 0.6 is 0 Å². The lowest BCUT2D eigenvalue weighted by Crippen LogP contribution is -2.51. The molecule has 3 aromatic rings. The van der Waals surface area contributed by atoms with Crippen LogP contribution in [-0.4, -0.2) is 69.1 Å². The van der Waals surface area contributed by atoms with Crippen LogP contribution in [0.5, 0.6) is 5.88 Å². The van der Waals surface area contributed by atoms with E-state index in [1.165, 1.54) is 6.07 Å². The van der Waals surface area contributed by atoms with Gasteiger partial charge in [0.1, 0.15) is 12.4 Å². The smallest absolute Gasteiger partial charge is 0.417 e. The molecule has 1 aliphatic heterocycles. The summed E-state index contributed by atoms with van der Waals surface area (Å²) in [6.45, 7) is 4.96. The molecule has 8 nitrogen and oxygen atoms in total. The van der Waals surface area contributed by atoms with E-state index < -0.39 is 11.7 Å². The number of hydrogen-bond donors (Lipinski definition) is 2. The number of anilines is 1. The second-order valence-electron chi connectivity index (χ2n) is 7.90. The second-order valence-corrected chi connectivity index (χ2v) is 7.90. The molecule has 11 heteroatoms. The maximum Gasteiger partial charge on any atom is 0.417 e. The molecular formula is C22H25F3N6O2. The fraction of sp³-hybridized carbons (Fsp3) is 0.409. The molecule has 1 fully saturated rings. The highest BCUT2D eigenvalue weighted by Crippen LogP contribution is 2.30. The van der Waals surface area contributed by atoms with Gasteiger partial charge in [0, 0.05) is 68.0 Å². The number of aromatic nitrogens is 4. The first-order valence-corrected chi connectivity index (χ1v) is 10.6. The highest BCUT2D eigenvalue weighted by molar-refractivity contribution is 5.61. The molecule has 1 atom stereocenters. The zero-order chi connectivity index (χ0) is 23.4. The summed E-state index contributed by atoms with van der Waals surface area (Å²) in [6.07, 6.45) is 0.0456. The molecule has 1 aliphatic rings. The van der Waals surface area contributed by atoms with Crippen molar-refractivity contribution in [2.24, 2.45) is 0 Å². The predicted molar refractivity (Wildman–Crippen MR) is 116 cm³/mol. The summed E-state index contributed by atoms with van der Waals surface area (Å²) in [7, 11) is 0. The van der Waals surface area contributed by atoms with E-state index in [-0.39, 0.29) is 19.3 Å². The number of hydrogen-bond acceptors (Lipinski definition) is 7. The lowest BCUT2D eigenvalue weighted by Gasteiger charge is -2.40. The minimum Gasteiger partial charge on any atom is -0.475 e. The number of nitrogens with one attached hydrogen (secondary N) is 1. The van der Waals surface area contributed by atoms with Crippen LogP contribution in [0.25, 0.3) is 11.3 Å². The highest BCUT2D eigenvalue weighted by Gasteiger charge is 2.32. The zero-order valence-electron chi connectivity index (χ0n) is 18.1. The molecule has 0 aliphatic carbocycles. The van der Waals surface area contributed by atoms with Gasteiger partial charge in [-0.2, -0.15) is 18.3 Å². The Labute approximate surface area is 189 Å². The average Bonchev–Trinajstić information content (AvgIpc) is 3.26. The van der Waals surface area contributed by atoms with Gasteiger partial charge in [0.25, 0.3) is 0 Å². The number of aliphatic hydroxyl groups is 1. The summed E-state index contributed by atoms with van der Waals surface area (Å²) >= 11 is 0. The SMILES string of the molecule is CC1CN(Cc2c[nH]nc2-c2ccc(OCCO)nc2)CCN1c1ccc(C(F)(F)F)cn1. The number of H-pyrrole nitrogens is 1. The molecule has 4 heterocycles. The maximum absolute atomic E-state index is 12.8. The Bertz CT molecular complexity index is 1040. The topological polar surface area (TPSA) is 90.4 Å². The lowest BCUT2D eigenvalue weighted by molar-refractivity contribution is -0.137. The van der Waals surface area contributed by atoms with E-state index >= 15 is 0 Å². The third-order valence-corrected chi connectivity index (χ3v) is 5.55. The molecule has 3 aromatic heterocycles. The van der Waals surface area contributed by atoms with Crippen molar-refractivity contribution >= 4 is 5.82 Å². The first kappa shape index (κ1) is 23.0. The monoisotopic (exact) mass is 462 g/mol. The second kappa shape index (κ2) is 9.75. The van der Waals surface area contributed by atoms with E-state index in [9.17, 15) is 13.2 Å². The molecule has 1 unspecified atom stereocenters. The highest BCUT2D eigenvalue weighted by atomic mass is 19.4. The standard InChI is InChI=1S/C22H25F3N6O2/c1-15-13-30(6-7-31(15)19-4-3-18(12-26-19)22(23,24)25)14-17-11-28-29-21(17)16-2-5-20(27-10-16)33-9-8-32/h2-5,10-12,15,32H,6-9,13-14H2,1H3,(H,28,29). The number of aromatic amines is 1. The van der Waals surface area contributed by atoms with Gasteiger partial charge in [0.05, 0.1) is 17.9 Å². The first-order valence-electron chi connectivity index (χ1n) is 10.6. The van der Waals surface area contributed by atoms with Crippen LogP contribution in [0, 0.1) is 0 Å². The van der Waals surface area contributed by atoms with Crippen LogP contribution in [0.2, 0.25) is 0 Å². The normalized spacial score (nSPS) is 17.4. The Hall–Kier alpha value is -3.18. The van der Waals surface area contributed by atoms with Crippen molar-refractivity contribution in [2.45, 2.75) is 25.7 Å². The fourth-order valence-corrected chi connectivity index (χ4v) is 3.92.